The van der Waals surface area contributed by atoms with Gasteiger partial charge in [-0.05, 0) is 66.5 Å². The van der Waals surface area contributed by atoms with Crippen LogP contribution in [-0.2, 0) is 0 Å². The van der Waals surface area contributed by atoms with E-state index in [0.717, 1.165) is 15.5 Å². The largest absolute Gasteiger partial charge is 0.305 e. The lowest BCUT2D eigenvalue weighted by Gasteiger charge is -2.24. The van der Waals surface area contributed by atoms with E-state index in [1.54, 1.807) is 0 Å². The summed E-state index contributed by atoms with van der Waals surface area (Å²) in [5.74, 6) is 0. The molecular weight excluding hydrogens is 394 g/mol. The molecule has 0 amide bonds. The minimum Gasteiger partial charge on any atom is -0.305 e. The fourth-order valence-electron chi connectivity index (χ4n) is 2.55. The Balaban J connectivity index is 2.56. The number of hydrogen-bond acceptors (Lipinski definition) is 2. The van der Waals surface area contributed by atoms with Crippen LogP contribution in [0.25, 0.3) is 0 Å². The number of rotatable bonds is 5. The van der Waals surface area contributed by atoms with Crippen LogP contribution in [0.3, 0.4) is 0 Å². The lowest BCUT2D eigenvalue weighted by molar-refractivity contribution is 0.474. The van der Waals surface area contributed by atoms with Gasteiger partial charge in [0, 0.05) is 10.5 Å². The smallest absolute Gasteiger partial charge is 0.0762 e. The first-order valence-electron chi connectivity index (χ1n) is 7.18. The van der Waals surface area contributed by atoms with E-state index in [4.69, 9.17) is 0 Å². The Kier molecular flexibility index (Phi) is 5.63. The molecule has 2 rings (SSSR count). The fourth-order valence-corrected chi connectivity index (χ4v) is 3.53. The second-order valence-corrected chi connectivity index (χ2v) is 7.18. The van der Waals surface area contributed by atoms with Gasteiger partial charge in [-0.3, -0.25) is 4.68 Å². The van der Waals surface area contributed by atoms with Crippen molar-refractivity contribution in [1.82, 2.24) is 15.1 Å². The Labute approximate surface area is 143 Å². The molecule has 0 fully saturated rings. The third-order valence-corrected chi connectivity index (χ3v) is 4.60. The van der Waals surface area contributed by atoms with Crippen molar-refractivity contribution in [3.63, 3.8) is 0 Å². The molecule has 2 aromatic rings. The molecule has 1 heterocycles. The van der Waals surface area contributed by atoms with Crippen molar-refractivity contribution in [2.75, 3.05) is 6.54 Å². The van der Waals surface area contributed by atoms with Gasteiger partial charge in [0.2, 0.25) is 0 Å². The maximum atomic E-state index is 4.51. The zero-order valence-electron chi connectivity index (χ0n) is 12.8. The molecule has 1 aromatic heterocycles. The Morgan fingerprint density at radius 1 is 1.29 bits per heavy atom. The van der Waals surface area contributed by atoms with Crippen molar-refractivity contribution in [3.8, 4) is 0 Å². The summed E-state index contributed by atoms with van der Waals surface area (Å²) in [6.07, 6.45) is 1.88. The predicted molar refractivity (Wildman–Crippen MR) is 94.7 cm³/mol. The van der Waals surface area contributed by atoms with Crippen LogP contribution in [0.1, 0.15) is 49.7 Å². The average Bonchev–Trinajstić information content (AvgIpc) is 2.79. The summed E-state index contributed by atoms with van der Waals surface area (Å²) in [4.78, 5) is 0. The molecule has 0 aliphatic carbocycles. The fraction of sp³-hybridized carbons (Fsp3) is 0.438. The van der Waals surface area contributed by atoms with Gasteiger partial charge in [0.15, 0.2) is 0 Å². The first-order valence-corrected chi connectivity index (χ1v) is 8.76. The monoisotopic (exact) mass is 413 g/mol. The number of aromatic nitrogens is 2. The maximum Gasteiger partial charge on any atom is 0.0762 e. The number of benzene rings is 1. The van der Waals surface area contributed by atoms with Crippen LogP contribution in [0, 0.1) is 6.92 Å². The number of nitrogens with zero attached hydrogens (tertiary/aromatic N) is 2. The zero-order valence-corrected chi connectivity index (χ0v) is 16.0. The van der Waals surface area contributed by atoms with Crippen molar-refractivity contribution in [2.45, 2.75) is 39.8 Å². The van der Waals surface area contributed by atoms with Crippen LogP contribution in [0.5, 0.6) is 0 Å². The Morgan fingerprint density at radius 3 is 2.57 bits per heavy atom. The van der Waals surface area contributed by atoms with Crippen LogP contribution < -0.4 is 5.32 Å². The van der Waals surface area contributed by atoms with Crippen molar-refractivity contribution in [1.29, 1.82) is 0 Å². The molecule has 0 saturated heterocycles. The molecule has 3 nitrogen and oxygen atoms in total. The van der Waals surface area contributed by atoms with Crippen LogP contribution in [0.4, 0.5) is 0 Å². The maximum absolute atomic E-state index is 4.51. The first-order chi connectivity index (χ1) is 9.95. The number of nitrogens with one attached hydrogen (secondary N) is 1. The number of hydrogen-bond donors (Lipinski definition) is 1. The third kappa shape index (κ3) is 3.58. The standard InChI is InChI=1S/C16H21Br2N3/c1-5-19-15(13-7-6-12(17)8-11(13)4)16-14(18)9-20-21(16)10(2)3/h6-10,15,19H,5H2,1-4H3. The Bertz CT molecular complexity index is 620. The predicted octanol–water partition coefficient (Wildman–Crippen LogP) is 5.00. The van der Waals surface area contributed by atoms with Gasteiger partial charge in [0.05, 0.1) is 22.4 Å². The van der Waals surface area contributed by atoms with Gasteiger partial charge in [-0.2, -0.15) is 5.10 Å². The number of halogens is 2. The normalized spacial score (nSPS) is 12.9. The molecule has 1 unspecified atom stereocenters. The third-order valence-electron chi connectivity index (χ3n) is 3.50. The zero-order chi connectivity index (χ0) is 15.6. The highest BCUT2D eigenvalue weighted by molar-refractivity contribution is 9.10. The van der Waals surface area contributed by atoms with Crippen molar-refractivity contribution in [3.05, 3.63) is 50.2 Å². The highest BCUT2D eigenvalue weighted by atomic mass is 79.9. The summed E-state index contributed by atoms with van der Waals surface area (Å²) in [6, 6.07) is 6.88. The Hall–Kier alpha value is -0.650. The quantitative estimate of drug-likeness (QED) is 0.746. The van der Waals surface area contributed by atoms with E-state index in [2.05, 4.69) is 92.9 Å². The van der Waals surface area contributed by atoms with E-state index in [0.29, 0.717) is 6.04 Å². The van der Waals surface area contributed by atoms with Gasteiger partial charge in [-0.15, -0.1) is 0 Å². The summed E-state index contributed by atoms with van der Waals surface area (Å²) in [5.41, 5.74) is 3.72. The van der Waals surface area contributed by atoms with Gasteiger partial charge >= 0.3 is 0 Å². The second-order valence-electron chi connectivity index (χ2n) is 5.41. The first kappa shape index (κ1) is 16.7. The molecule has 0 aliphatic rings. The van der Waals surface area contributed by atoms with Crippen LogP contribution in [0.15, 0.2) is 33.3 Å². The molecule has 5 heteroatoms. The van der Waals surface area contributed by atoms with Crippen LogP contribution >= 0.6 is 31.9 Å². The van der Waals surface area contributed by atoms with Crippen LogP contribution in [-0.4, -0.2) is 16.3 Å². The molecule has 0 spiro atoms. The Morgan fingerprint density at radius 2 is 2.00 bits per heavy atom. The lowest BCUT2D eigenvalue weighted by atomic mass is 9.98. The van der Waals surface area contributed by atoms with E-state index in [1.165, 1.54) is 16.8 Å². The molecule has 0 saturated carbocycles. The van der Waals surface area contributed by atoms with Gasteiger partial charge in [-0.25, -0.2) is 0 Å². The van der Waals surface area contributed by atoms with E-state index in [9.17, 15) is 0 Å². The van der Waals surface area contributed by atoms with Crippen molar-refractivity contribution >= 4 is 31.9 Å². The molecular formula is C16H21Br2N3. The van der Waals surface area contributed by atoms with Gasteiger partial charge in [-0.1, -0.05) is 28.9 Å². The molecule has 0 radical (unpaired) electrons. The summed E-state index contributed by atoms with van der Waals surface area (Å²) >= 11 is 7.20. The summed E-state index contributed by atoms with van der Waals surface area (Å²) in [5, 5.41) is 8.10. The van der Waals surface area contributed by atoms with E-state index in [1.807, 2.05) is 6.20 Å². The lowest BCUT2D eigenvalue weighted by Crippen LogP contribution is -2.26. The van der Waals surface area contributed by atoms with Gasteiger partial charge in [0.25, 0.3) is 0 Å². The van der Waals surface area contributed by atoms with Crippen LogP contribution in [0.2, 0.25) is 0 Å². The highest BCUT2D eigenvalue weighted by Gasteiger charge is 2.23. The van der Waals surface area contributed by atoms with Gasteiger partial charge in [0.1, 0.15) is 0 Å². The van der Waals surface area contributed by atoms with E-state index >= 15 is 0 Å². The minimum atomic E-state index is 0.127. The summed E-state index contributed by atoms with van der Waals surface area (Å²) < 4.78 is 4.23. The minimum absolute atomic E-state index is 0.127. The molecule has 1 N–H and O–H groups in total. The van der Waals surface area contributed by atoms with Gasteiger partial charge < -0.3 is 5.32 Å². The SMILES string of the molecule is CCNC(c1ccc(Br)cc1C)c1c(Br)cnn1C(C)C. The highest BCUT2D eigenvalue weighted by Crippen LogP contribution is 2.32. The molecule has 0 bridgehead atoms. The van der Waals surface area contributed by atoms with Crippen molar-refractivity contribution in [2.24, 2.45) is 0 Å². The van der Waals surface area contributed by atoms with E-state index in [-0.39, 0.29) is 6.04 Å². The molecule has 21 heavy (non-hydrogen) atoms. The molecule has 114 valence electrons. The molecule has 0 aliphatic heterocycles. The summed E-state index contributed by atoms with van der Waals surface area (Å²) in [7, 11) is 0. The number of aryl methyl sites for hydroxylation is 1. The molecule has 1 aromatic carbocycles. The average molecular weight is 415 g/mol. The topological polar surface area (TPSA) is 29.9 Å². The summed E-state index contributed by atoms with van der Waals surface area (Å²) in [6.45, 7) is 9.48. The van der Waals surface area contributed by atoms with E-state index < -0.39 is 0 Å². The second kappa shape index (κ2) is 7.07. The molecule has 1 atom stereocenters. The van der Waals surface area contributed by atoms with Crippen molar-refractivity contribution < 1.29 is 0 Å².